The number of hydrogen-bond acceptors (Lipinski definition) is 4. The number of amides is 2. The van der Waals surface area contributed by atoms with Crippen LogP contribution in [0.3, 0.4) is 0 Å². The third-order valence-electron chi connectivity index (χ3n) is 7.10. The molecule has 4 aliphatic carbocycles. The maximum Gasteiger partial charge on any atom is 0.238 e. The molecule has 4 bridgehead atoms. The second-order valence-electron chi connectivity index (χ2n) is 9.71. The summed E-state index contributed by atoms with van der Waals surface area (Å²) < 4.78 is 5.31. The van der Waals surface area contributed by atoms with Crippen LogP contribution < -0.4 is 15.4 Å². The molecule has 4 saturated carbocycles. The smallest absolute Gasteiger partial charge is 0.238 e. The molecule has 0 heterocycles. The third kappa shape index (κ3) is 4.80. The summed E-state index contributed by atoms with van der Waals surface area (Å²) in [5, 5.41) is 6.34. The zero-order valence-corrected chi connectivity index (χ0v) is 18.3. The van der Waals surface area contributed by atoms with Crippen LogP contribution in [0.1, 0.15) is 51.9 Å². The fourth-order valence-corrected chi connectivity index (χ4v) is 6.47. The van der Waals surface area contributed by atoms with Crippen molar-refractivity contribution >= 4 is 17.5 Å². The highest BCUT2D eigenvalue weighted by atomic mass is 16.5. The molecule has 0 aromatic heterocycles. The second-order valence-corrected chi connectivity index (χ2v) is 9.71. The number of ether oxygens (including phenoxy) is 1. The van der Waals surface area contributed by atoms with Crippen molar-refractivity contribution in [1.29, 1.82) is 0 Å². The molecule has 0 unspecified atom stereocenters. The van der Waals surface area contributed by atoms with Gasteiger partial charge in [0.15, 0.2) is 0 Å². The van der Waals surface area contributed by atoms with Crippen LogP contribution in [0.4, 0.5) is 5.69 Å². The van der Waals surface area contributed by atoms with Gasteiger partial charge in [-0.2, -0.15) is 0 Å². The summed E-state index contributed by atoms with van der Waals surface area (Å²) in [6.45, 7) is 3.25. The van der Waals surface area contributed by atoms with Gasteiger partial charge in [-0.3, -0.25) is 14.5 Å². The van der Waals surface area contributed by atoms with Crippen LogP contribution in [0.25, 0.3) is 0 Å². The first-order valence-electron chi connectivity index (χ1n) is 11.4. The number of carbonyl (C=O) groups is 2. The number of rotatable bonds is 9. The lowest BCUT2D eigenvalue weighted by atomic mass is 9.53. The summed E-state index contributed by atoms with van der Waals surface area (Å²) in [7, 11) is 1.59. The standard InChI is InChI=1S/C24H35N3O3/c1-3-8-27(15-22(28)25-20-6-4-5-7-21(20)30-2)16-23(29)26-24-12-17-9-18(13-24)11-19(10-17)14-24/h4-7,17-19H,3,8-16H2,1-2H3,(H,25,28)(H,26,29). The van der Waals surface area contributed by atoms with Crippen molar-refractivity contribution in [1.82, 2.24) is 10.2 Å². The molecule has 5 rings (SSSR count). The predicted molar refractivity (Wildman–Crippen MR) is 117 cm³/mol. The van der Waals surface area contributed by atoms with Crippen molar-refractivity contribution in [3.63, 3.8) is 0 Å². The van der Waals surface area contributed by atoms with E-state index in [0.29, 0.717) is 18.0 Å². The Hall–Kier alpha value is -2.08. The Balaban J connectivity index is 1.33. The largest absolute Gasteiger partial charge is 0.495 e. The van der Waals surface area contributed by atoms with E-state index in [1.54, 1.807) is 7.11 Å². The number of para-hydroxylation sites is 2. The average Bonchev–Trinajstić information content (AvgIpc) is 2.66. The molecule has 2 amide bonds. The molecule has 6 heteroatoms. The minimum Gasteiger partial charge on any atom is -0.495 e. The molecule has 0 aliphatic heterocycles. The quantitative estimate of drug-likeness (QED) is 0.651. The summed E-state index contributed by atoms with van der Waals surface area (Å²) >= 11 is 0. The van der Waals surface area contributed by atoms with E-state index in [0.717, 1.165) is 43.4 Å². The van der Waals surface area contributed by atoms with Crippen LogP contribution in [0.5, 0.6) is 5.75 Å². The normalized spacial score (nSPS) is 29.1. The van der Waals surface area contributed by atoms with Crippen LogP contribution in [0, 0.1) is 17.8 Å². The van der Waals surface area contributed by atoms with E-state index in [2.05, 4.69) is 17.6 Å². The number of hydrogen-bond donors (Lipinski definition) is 2. The van der Waals surface area contributed by atoms with E-state index in [-0.39, 0.29) is 30.4 Å². The maximum atomic E-state index is 12.9. The SMILES string of the molecule is CCCN(CC(=O)Nc1ccccc1OC)CC(=O)NC12CC3CC(CC(C3)C1)C2. The van der Waals surface area contributed by atoms with E-state index in [1.165, 1.54) is 19.3 Å². The molecule has 4 aliphatic rings. The van der Waals surface area contributed by atoms with Gasteiger partial charge in [-0.25, -0.2) is 0 Å². The number of carbonyl (C=O) groups excluding carboxylic acids is 2. The number of benzene rings is 1. The molecule has 6 nitrogen and oxygen atoms in total. The Morgan fingerprint density at radius 2 is 1.63 bits per heavy atom. The molecule has 164 valence electrons. The van der Waals surface area contributed by atoms with E-state index in [1.807, 2.05) is 29.2 Å². The van der Waals surface area contributed by atoms with Gasteiger partial charge in [-0.1, -0.05) is 19.1 Å². The summed E-state index contributed by atoms with van der Waals surface area (Å²) in [6, 6.07) is 7.37. The fraction of sp³-hybridized carbons (Fsp3) is 0.667. The Morgan fingerprint density at radius 3 is 2.23 bits per heavy atom. The van der Waals surface area contributed by atoms with Gasteiger partial charge in [-0.15, -0.1) is 0 Å². The van der Waals surface area contributed by atoms with Gasteiger partial charge in [0.1, 0.15) is 5.75 Å². The van der Waals surface area contributed by atoms with Crippen LogP contribution in [-0.2, 0) is 9.59 Å². The molecule has 30 heavy (non-hydrogen) atoms. The zero-order valence-electron chi connectivity index (χ0n) is 18.3. The first-order chi connectivity index (χ1) is 14.5. The Labute approximate surface area is 179 Å². The molecular weight excluding hydrogens is 378 g/mol. The molecule has 2 N–H and O–H groups in total. The zero-order chi connectivity index (χ0) is 21.1. The lowest BCUT2D eigenvalue weighted by molar-refractivity contribution is -0.128. The fourth-order valence-electron chi connectivity index (χ4n) is 6.47. The second kappa shape index (κ2) is 8.96. The van der Waals surface area contributed by atoms with Crippen LogP contribution in [0.15, 0.2) is 24.3 Å². The number of nitrogens with one attached hydrogen (secondary N) is 2. The number of methoxy groups -OCH3 is 1. The summed E-state index contributed by atoms with van der Waals surface area (Å²) in [6.07, 6.45) is 8.42. The minimum absolute atomic E-state index is 0.0172. The van der Waals surface area contributed by atoms with E-state index in [4.69, 9.17) is 4.74 Å². The third-order valence-corrected chi connectivity index (χ3v) is 7.10. The van der Waals surface area contributed by atoms with Gasteiger partial charge in [0, 0.05) is 5.54 Å². The first-order valence-corrected chi connectivity index (χ1v) is 11.4. The topological polar surface area (TPSA) is 70.7 Å². The van der Waals surface area contributed by atoms with E-state index < -0.39 is 0 Å². The summed E-state index contributed by atoms with van der Waals surface area (Å²) in [4.78, 5) is 27.5. The van der Waals surface area contributed by atoms with Gasteiger partial charge in [0.05, 0.1) is 25.9 Å². The first kappa shape index (κ1) is 21.2. The van der Waals surface area contributed by atoms with Crippen LogP contribution in [0.2, 0.25) is 0 Å². The number of nitrogens with zero attached hydrogens (tertiary/aromatic N) is 1. The van der Waals surface area contributed by atoms with Crippen molar-refractivity contribution < 1.29 is 14.3 Å². The lowest BCUT2D eigenvalue weighted by Gasteiger charge is -2.57. The highest BCUT2D eigenvalue weighted by molar-refractivity contribution is 5.94. The van der Waals surface area contributed by atoms with Gasteiger partial charge in [-0.05, 0) is 81.4 Å². The van der Waals surface area contributed by atoms with Gasteiger partial charge >= 0.3 is 0 Å². The van der Waals surface area contributed by atoms with E-state index >= 15 is 0 Å². The van der Waals surface area contributed by atoms with Crippen LogP contribution >= 0.6 is 0 Å². The summed E-state index contributed by atoms with van der Waals surface area (Å²) in [5.74, 6) is 2.97. The van der Waals surface area contributed by atoms with Gasteiger partial charge in [0.2, 0.25) is 11.8 Å². The van der Waals surface area contributed by atoms with Crippen molar-refractivity contribution in [2.24, 2.45) is 17.8 Å². The Morgan fingerprint density at radius 1 is 1.03 bits per heavy atom. The Bertz CT molecular complexity index is 743. The lowest BCUT2D eigenvalue weighted by Crippen LogP contribution is -2.61. The Kier molecular flexibility index (Phi) is 6.32. The van der Waals surface area contributed by atoms with Crippen molar-refractivity contribution in [2.75, 3.05) is 32.1 Å². The molecule has 1 aromatic carbocycles. The van der Waals surface area contributed by atoms with Gasteiger partial charge < -0.3 is 15.4 Å². The van der Waals surface area contributed by atoms with Crippen molar-refractivity contribution in [2.45, 2.75) is 57.4 Å². The van der Waals surface area contributed by atoms with Gasteiger partial charge in [0.25, 0.3) is 0 Å². The maximum absolute atomic E-state index is 12.9. The monoisotopic (exact) mass is 413 g/mol. The molecule has 0 radical (unpaired) electrons. The molecular formula is C24H35N3O3. The highest BCUT2D eigenvalue weighted by Crippen LogP contribution is 2.55. The molecule has 1 aromatic rings. The predicted octanol–water partition coefficient (Wildman–Crippen LogP) is 3.43. The van der Waals surface area contributed by atoms with Crippen molar-refractivity contribution in [3.8, 4) is 5.75 Å². The average molecular weight is 414 g/mol. The number of anilines is 1. The highest BCUT2D eigenvalue weighted by Gasteiger charge is 2.51. The molecule has 0 spiro atoms. The van der Waals surface area contributed by atoms with Crippen molar-refractivity contribution in [3.05, 3.63) is 24.3 Å². The molecule has 0 saturated heterocycles. The summed E-state index contributed by atoms with van der Waals surface area (Å²) in [5.41, 5.74) is 0.670. The van der Waals surface area contributed by atoms with Crippen LogP contribution in [-0.4, -0.2) is 49.0 Å². The molecule has 4 fully saturated rings. The minimum atomic E-state index is -0.129. The van der Waals surface area contributed by atoms with E-state index in [9.17, 15) is 9.59 Å². The molecule has 0 atom stereocenters.